The average molecular weight is 481 g/mol. The SMILES string of the molecule is C[C@](O)(CO)c1cc(F)c([S@](N)(=O)=NC(=O)Nc2c3c(nc4c2CCC42CC2)CCC3)s1. The van der Waals surface area contributed by atoms with Gasteiger partial charge in [-0.1, -0.05) is 0 Å². The number of nitrogens with one attached hydrogen (secondary N) is 1. The predicted molar refractivity (Wildman–Crippen MR) is 118 cm³/mol. The molecule has 2 heterocycles. The van der Waals surface area contributed by atoms with Gasteiger partial charge in [0.2, 0.25) is 0 Å². The fourth-order valence-corrected chi connectivity index (χ4v) is 7.14. The highest BCUT2D eigenvalue weighted by molar-refractivity contribution is 7.93. The fraction of sp³-hybridized carbons (Fsp3) is 0.524. The van der Waals surface area contributed by atoms with Crippen molar-refractivity contribution < 1.29 is 23.6 Å². The molecule has 0 bridgehead atoms. The summed E-state index contributed by atoms with van der Waals surface area (Å²) in [5, 5.41) is 28.0. The summed E-state index contributed by atoms with van der Waals surface area (Å²) in [7, 11) is -3.90. The zero-order valence-electron chi connectivity index (χ0n) is 17.6. The summed E-state index contributed by atoms with van der Waals surface area (Å²) in [5.74, 6) is -0.941. The number of anilines is 1. The molecule has 0 aromatic carbocycles. The largest absolute Gasteiger partial charge is 0.393 e. The van der Waals surface area contributed by atoms with Crippen LogP contribution in [0.25, 0.3) is 0 Å². The second-order valence-electron chi connectivity index (χ2n) is 9.14. The van der Waals surface area contributed by atoms with Gasteiger partial charge in [-0.15, -0.1) is 15.7 Å². The molecule has 1 spiro atoms. The molecule has 0 aliphatic heterocycles. The molecule has 32 heavy (non-hydrogen) atoms. The highest BCUT2D eigenvalue weighted by atomic mass is 32.2. The van der Waals surface area contributed by atoms with E-state index >= 15 is 0 Å². The van der Waals surface area contributed by atoms with Crippen LogP contribution in [0.5, 0.6) is 0 Å². The van der Waals surface area contributed by atoms with Crippen molar-refractivity contribution in [3.05, 3.63) is 39.3 Å². The van der Waals surface area contributed by atoms with Crippen LogP contribution in [-0.2, 0) is 40.2 Å². The molecule has 3 aliphatic carbocycles. The number of nitrogens with two attached hydrogens (primary N) is 1. The fourth-order valence-electron chi connectivity index (χ4n) is 4.77. The maximum Gasteiger partial charge on any atom is 0.354 e. The van der Waals surface area contributed by atoms with Crippen molar-refractivity contribution in [1.82, 2.24) is 4.98 Å². The van der Waals surface area contributed by atoms with Gasteiger partial charge in [-0.05, 0) is 69.1 Å². The van der Waals surface area contributed by atoms with Crippen LogP contribution in [-0.4, -0.2) is 32.0 Å². The number of halogens is 1. The minimum absolute atomic E-state index is 0.0424. The Morgan fingerprint density at radius 3 is 2.81 bits per heavy atom. The van der Waals surface area contributed by atoms with E-state index in [-0.39, 0.29) is 10.3 Å². The minimum Gasteiger partial charge on any atom is -0.393 e. The number of nitrogens with zero attached hydrogens (tertiary/aromatic N) is 2. The van der Waals surface area contributed by atoms with Gasteiger partial charge in [-0.25, -0.2) is 18.5 Å². The molecule has 1 fully saturated rings. The van der Waals surface area contributed by atoms with Crippen molar-refractivity contribution in [2.24, 2.45) is 9.50 Å². The molecule has 3 aliphatic rings. The molecule has 1 saturated carbocycles. The number of pyridine rings is 1. The summed E-state index contributed by atoms with van der Waals surface area (Å²) in [6.07, 6.45) is 6.67. The van der Waals surface area contributed by atoms with Crippen molar-refractivity contribution in [3.8, 4) is 0 Å². The van der Waals surface area contributed by atoms with Crippen molar-refractivity contribution in [2.75, 3.05) is 11.9 Å². The molecular weight excluding hydrogens is 455 g/mol. The smallest absolute Gasteiger partial charge is 0.354 e. The summed E-state index contributed by atoms with van der Waals surface area (Å²) < 4.78 is 30.6. The second-order valence-corrected chi connectivity index (χ2v) is 12.2. The second kappa shape index (κ2) is 7.29. The molecule has 11 heteroatoms. The molecule has 2 aromatic rings. The van der Waals surface area contributed by atoms with Crippen LogP contribution in [0.15, 0.2) is 14.6 Å². The summed E-state index contributed by atoms with van der Waals surface area (Å²) in [5.41, 5.74) is 3.22. The average Bonchev–Trinajstić information content (AvgIpc) is 3.03. The van der Waals surface area contributed by atoms with Crippen LogP contribution in [0.4, 0.5) is 14.9 Å². The van der Waals surface area contributed by atoms with Crippen LogP contribution < -0.4 is 10.5 Å². The van der Waals surface area contributed by atoms with E-state index in [1.54, 1.807) is 0 Å². The maximum atomic E-state index is 14.5. The number of hydrogen-bond donors (Lipinski definition) is 4. The van der Waals surface area contributed by atoms with Gasteiger partial charge in [0.15, 0.2) is 19.9 Å². The van der Waals surface area contributed by atoms with Gasteiger partial charge >= 0.3 is 6.03 Å². The first-order valence-electron chi connectivity index (χ1n) is 10.6. The van der Waals surface area contributed by atoms with E-state index in [1.165, 1.54) is 6.92 Å². The number of aryl methyl sites for hydroxylation is 1. The number of carbonyl (C=O) groups excluding carboxylic acids is 1. The van der Waals surface area contributed by atoms with E-state index in [4.69, 9.17) is 10.1 Å². The summed E-state index contributed by atoms with van der Waals surface area (Å²) in [4.78, 5) is 17.8. The molecule has 2 atom stereocenters. The van der Waals surface area contributed by atoms with Gasteiger partial charge < -0.3 is 15.5 Å². The van der Waals surface area contributed by atoms with E-state index in [9.17, 15) is 23.6 Å². The van der Waals surface area contributed by atoms with E-state index in [2.05, 4.69) is 9.68 Å². The lowest BCUT2D eigenvalue weighted by Crippen LogP contribution is -2.24. The molecule has 2 aromatic heterocycles. The number of aliphatic hydroxyl groups is 2. The summed E-state index contributed by atoms with van der Waals surface area (Å²) in [6, 6.07) is 0.0495. The van der Waals surface area contributed by atoms with Gasteiger partial charge in [0.05, 0.1) is 18.0 Å². The number of rotatable bonds is 4. The lowest BCUT2D eigenvalue weighted by molar-refractivity contribution is 0.000654. The Morgan fingerprint density at radius 2 is 2.12 bits per heavy atom. The minimum atomic E-state index is -3.90. The van der Waals surface area contributed by atoms with Crippen molar-refractivity contribution in [3.63, 3.8) is 0 Å². The first kappa shape index (κ1) is 21.9. The number of carbonyl (C=O) groups is 1. The van der Waals surface area contributed by atoms with Crippen LogP contribution >= 0.6 is 11.3 Å². The molecular formula is C21H25FN4O4S2. The van der Waals surface area contributed by atoms with Gasteiger partial charge in [-0.2, -0.15) is 0 Å². The maximum absolute atomic E-state index is 14.5. The predicted octanol–water partition coefficient (Wildman–Crippen LogP) is 2.88. The number of urea groups is 1. The number of hydrogen-bond acceptors (Lipinski definition) is 6. The Bertz CT molecular complexity index is 1260. The third-order valence-electron chi connectivity index (χ3n) is 6.74. The first-order valence-corrected chi connectivity index (χ1v) is 13.0. The molecule has 5 N–H and O–H groups in total. The summed E-state index contributed by atoms with van der Waals surface area (Å²) >= 11 is 0.625. The topological polar surface area (TPSA) is 138 Å². The zero-order valence-corrected chi connectivity index (χ0v) is 19.2. The highest BCUT2D eigenvalue weighted by Crippen LogP contribution is 2.58. The number of thiophene rings is 1. The van der Waals surface area contributed by atoms with E-state index in [0.29, 0.717) is 17.0 Å². The molecule has 0 unspecified atom stereocenters. The van der Waals surface area contributed by atoms with Gasteiger partial charge in [0, 0.05) is 16.0 Å². The third kappa shape index (κ3) is 3.47. The molecule has 8 nitrogen and oxygen atoms in total. The number of aliphatic hydroxyl groups excluding tert-OH is 1. The zero-order chi connectivity index (χ0) is 22.9. The van der Waals surface area contributed by atoms with Crippen LogP contribution in [0, 0.1) is 5.82 Å². The number of aromatic nitrogens is 1. The van der Waals surface area contributed by atoms with Gasteiger partial charge in [-0.3, -0.25) is 4.98 Å². The third-order valence-corrected chi connectivity index (χ3v) is 10.0. The van der Waals surface area contributed by atoms with Crippen molar-refractivity contribution in [1.29, 1.82) is 0 Å². The van der Waals surface area contributed by atoms with Crippen LogP contribution in [0.3, 0.4) is 0 Å². The van der Waals surface area contributed by atoms with Crippen LogP contribution in [0.1, 0.15) is 60.0 Å². The lowest BCUT2D eigenvalue weighted by Gasteiger charge is -2.17. The lowest BCUT2D eigenvalue weighted by atomic mass is 10.0. The number of amides is 2. The Kier molecular flexibility index (Phi) is 4.99. The van der Waals surface area contributed by atoms with Gasteiger partial charge in [0.1, 0.15) is 5.60 Å². The van der Waals surface area contributed by atoms with E-state index < -0.39 is 38.2 Å². The Labute approximate surface area is 189 Å². The Morgan fingerprint density at radius 1 is 1.38 bits per heavy atom. The molecule has 0 saturated heterocycles. The summed E-state index contributed by atoms with van der Waals surface area (Å²) in [6.45, 7) is 0.636. The quantitative estimate of drug-likeness (QED) is 0.533. The van der Waals surface area contributed by atoms with E-state index in [0.717, 1.165) is 73.5 Å². The van der Waals surface area contributed by atoms with Crippen LogP contribution in [0.2, 0.25) is 0 Å². The number of fused-ring (bicyclic) bond motifs is 3. The highest BCUT2D eigenvalue weighted by Gasteiger charge is 2.51. The van der Waals surface area contributed by atoms with Crippen molar-refractivity contribution >= 4 is 33.0 Å². The molecule has 0 radical (unpaired) electrons. The Balaban J connectivity index is 1.49. The van der Waals surface area contributed by atoms with Gasteiger partial charge in [0.25, 0.3) is 0 Å². The normalized spacial score (nSPS) is 21.5. The Hall–Kier alpha value is -1.92. The first-order chi connectivity index (χ1) is 15.1. The molecule has 172 valence electrons. The van der Waals surface area contributed by atoms with E-state index in [1.807, 2.05) is 0 Å². The van der Waals surface area contributed by atoms with Crippen molar-refractivity contribution in [2.45, 2.75) is 67.1 Å². The molecule has 5 rings (SSSR count). The molecule has 2 amide bonds. The monoisotopic (exact) mass is 480 g/mol. The standard InChI is InChI=1S/C21H25FN4O4S2/c1-20(29,10-27)15-9-13(22)18(31-15)32(23,30)26-19(28)25-16-11-3-2-4-14(11)24-17-12(16)5-6-21(17)7-8-21/h9,27,29H,2-8,10H2,1H3,(H3,23,24,25,26,28,30)/t20-,32+/m0/s1.